The molecule has 1 heterocycles. The molecular formula is C26H24ClN3O7S. The summed E-state index contributed by atoms with van der Waals surface area (Å²) < 4.78 is 35.2. The molecule has 10 nitrogen and oxygen atoms in total. The molecule has 3 aromatic carbocycles. The van der Waals surface area contributed by atoms with E-state index in [1.165, 1.54) is 24.3 Å². The van der Waals surface area contributed by atoms with Crippen molar-refractivity contribution >= 4 is 38.4 Å². The van der Waals surface area contributed by atoms with Crippen LogP contribution in [-0.2, 0) is 27.9 Å². The number of nitrogens with zero attached hydrogens (tertiary/aromatic N) is 2. The third kappa shape index (κ3) is 5.80. The normalized spacial score (nSPS) is 11.4. The van der Waals surface area contributed by atoms with Crippen LogP contribution in [0.1, 0.15) is 27.2 Å². The second kappa shape index (κ2) is 11.2. The maximum Gasteiger partial charge on any atom is 0.294 e. The fraction of sp³-hybridized carbons (Fsp3) is 0.192. The van der Waals surface area contributed by atoms with Crippen LogP contribution in [-0.4, -0.2) is 37.6 Å². The Kier molecular flexibility index (Phi) is 8.00. The van der Waals surface area contributed by atoms with E-state index in [0.717, 1.165) is 10.9 Å². The van der Waals surface area contributed by atoms with Crippen molar-refractivity contribution in [2.75, 3.05) is 13.7 Å². The maximum atomic E-state index is 13.4. The van der Waals surface area contributed by atoms with E-state index in [-0.39, 0.29) is 24.0 Å². The molecule has 0 bridgehead atoms. The Morgan fingerprint density at radius 3 is 2.39 bits per heavy atom. The highest BCUT2D eigenvalue weighted by molar-refractivity contribution is 7.89. The summed E-state index contributed by atoms with van der Waals surface area (Å²) in [5, 5.41) is 10.7. The molecule has 12 heteroatoms. The summed E-state index contributed by atoms with van der Waals surface area (Å²) in [5.41, 5.74) is 3.08. The maximum absolute atomic E-state index is 13.4. The molecule has 0 spiro atoms. The number of methoxy groups -OCH3 is 1. The van der Waals surface area contributed by atoms with Crippen molar-refractivity contribution in [2.45, 2.75) is 24.8 Å². The summed E-state index contributed by atoms with van der Waals surface area (Å²) in [5.74, 6) is 0.374. The molecule has 0 saturated carbocycles. The van der Waals surface area contributed by atoms with Gasteiger partial charge >= 0.3 is 0 Å². The second-order valence-corrected chi connectivity index (χ2v) is 10.6. The predicted octanol–water partition coefficient (Wildman–Crippen LogP) is 4.53. The zero-order valence-corrected chi connectivity index (χ0v) is 22.1. The van der Waals surface area contributed by atoms with Gasteiger partial charge in [0.1, 0.15) is 12.4 Å². The summed E-state index contributed by atoms with van der Waals surface area (Å²) in [6, 6.07) is 17.6. The number of carbonyl (C=O) groups is 1. The van der Waals surface area contributed by atoms with Crippen LogP contribution in [0.4, 0.5) is 0 Å². The number of carbonyl (C=O) groups excluding carboxylic acids is 1. The quantitative estimate of drug-likeness (QED) is 0.224. The van der Waals surface area contributed by atoms with E-state index in [4.69, 9.17) is 16.3 Å². The molecule has 0 saturated heterocycles. The number of rotatable bonds is 10. The van der Waals surface area contributed by atoms with Crippen LogP contribution in [0.25, 0.3) is 10.9 Å². The predicted molar refractivity (Wildman–Crippen MR) is 142 cm³/mol. The zero-order valence-electron chi connectivity index (χ0n) is 20.5. The van der Waals surface area contributed by atoms with Crippen LogP contribution in [0.2, 0.25) is 5.02 Å². The molecule has 1 aromatic heterocycles. The van der Waals surface area contributed by atoms with Crippen molar-refractivity contribution in [2.24, 2.45) is 0 Å². The molecule has 0 radical (unpaired) electrons. The minimum absolute atomic E-state index is 0.0149. The number of fused-ring (bicyclic) bond motifs is 1. The monoisotopic (exact) mass is 557 g/mol. The first-order valence-electron chi connectivity index (χ1n) is 11.4. The number of nitrogens with one attached hydrogen (secondary N) is 1. The van der Waals surface area contributed by atoms with E-state index in [2.05, 4.69) is 9.56 Å². The first-order chi connectivity index (χ1) is 18.1. The lowest BCUT2D eigenvalue weighted by Gasteiger charge is -2.09. The number of hydrogen-bond acceptors (Lipinski definition) is 7. The van der Waals surface area contributed by atoms with Crippen molar-refractivity contribution < 1.29 is 27.9 Å². The van der Waals surface area contributed by atoms with Crippen molar-refractivity contribution in [1.29, 1.82) is 0 Å². The second-order valence-electron chi connectivity index (χ2n) is 8.38. The molecule has 0 unspecified atom stereocenters. The van der Waals surface area contributed by atoms with Gasteiger partial charge in [0.15, 0.2) is 0 Å². The third-order valence-corrected chi connectivity index (χ3v) is 7.80. The number of benzene rings is 3. The molecule has 0 atom stereocenters. The van der Waals surface area contributed by atoms with Crippen LogP contribution in [0.3, 0.4) is 0 Å². The van der Waals surface area contributed by atoms with Crippen LogP contribution < -0.4 is 9.46 Å². The smallest absolute Gasteiger partial charge is 0.294 e. The average molecular weight is 558 g/mol. The first kappa shape index (κ1) is 27.1. The highest BCUT2D eigenvalue weighted by atomic mass is 35.5. The molecule has 0 aliphatic heterocycles. The van der Waals surface area contributed by atoms with E-state index >= 15 is 0 Å². The number of halogens is 1. The number of hydrogen-bond donors (Lipinski definition) is 1. The van der Waals surface area contributed by atoms with Crippen molar-refractivity contribution in [3.05, 3.63) is 104 Å². The summed E-state index contributed by atoms with van der Waals surface area (Å²) >= 11 is 5.98. The Labute approximate surface area is 223 Å². The highest BCUT2D eigenvalue weighted by Gasteiger charge is 2.21. The van der Waals surface area contributed by atoms with Gasteiger partial charge in [0.25, 0.3) is 11.0 Å². The van der Waals surface area contributed by atoms with Gasteiger partial charge in [-0.1, -0.05) is 23.7 Å². The van der Waals surface area contributed by atoms with Crippen LogP contribution in [0.5, 0.6) is 5.75 Å². The van der Waals surface area contributed by atoms with Gasteiger partial charge in [-0.2, -0.15) is 0 Å². The van der Waals surface area contributed by atoms with Gasteiger partial charge in [-0.25, -0.2) is 13.1 Å². The fourth-order valence-electron chi connectivity index (χ4n) is 4.17. The van der Waals surface area contributed by atoms with E-state index < -0.39 is 15.1 Å². The van der Waals surface area contributed by atoms with Crippen molar-refractivity contribution in [3.63, 3.8) is 0 Å². The van der Waals surface area contributed by atoms with E-state index in [9.17, 15) is 23.3 Å². The number of aromatic nitrogens is 1. The molecule has 38 heavy (non-hydrogen) atoms. The van der Waals surface area contributed by atoms with Gasteiger partial charge in [0.05, 0.1) is 17.5 Å². The molecule has 4 rings (SSSR count). The molecule has 1 N–H and O–H groups in total. The summed E-state index contributed by atoms with van der Waals surface area (Å²) in [4.78, 5) is 28.1. The Balaban J connectivity index is 1.58. The molecule has 198 valence electrons. The minimum atomic E-state index is -3.85. The van der Waals surface area contributed by atoms with Crippen LogP contribution in [0, 0.1) is 17.0 Å². The largest absolute Gasteiger partial charge is 0.497 e. The Bertz CT molecular complexity index is 1600. The van der Waals surface area contributed by atoms with Crippen molar-refractivity contribution in [1.82, 2.24) is 9.29 Å². The highest BCUT2D eigenvalue weighted by Crippen LogP contribution is 2.31. The summed E-state index contributed by atoms with van der Waals surface area (Å²) in [6.07, 6.45) is 0.310. The van der Waals surface area contributed by atoms with E-state index in [1.54, 1.807) is 48.1 Å². The molecule has 0 amide bonds. The molecule has 0 fully saturated rings. The van der Waals surface area contributed by atoms with Gasteiger partial charge in [-0.3, -0.25) is 9.36 Å². The number of sulfonamides is 1. The molecular weight excluding hydrogens is 534 g/mol. The van der Waals surface area contributed by atoms with Gasteiger partial charge in [-0.05, 0) is 79.1 Å². The fourth-order valence-corrected chi connectivity index (χ4v) is 5.33. The third-order valence-electron chi connectivity index (χ3n) is 6.07. The molecule has 0 aliphatic carbocycles. The van der Waals surface area contributed by atoms with Crippen LogP contribution in [0.15, 0.2) is 71.6 Å². The van der Waals surface area contributed by atoms with E-state index in [1.807, 2.05) is 13.0 Å². The zero-order chi connectivity index (χ0) is 27.4. The standard InChI is InChI=1S/C26H24ClN3O7S/c1-17-23(13-14-28-38(34,35)22-10-3-18(4-11-22)16-37-30(32)33)24-15-21(36-2)9-12-25(24)29(17)26(31)19-5-7-20(27)8-6-19/h3-12,15,28H,13-14,16H2,1-2H3. The summed E-state index contributed by atoms with van der Waals surface area (Å²) in [6.45, 7) is 1.61. The Hall–Kier alpha value is -3.93. The van der Waals surface area contributed by atoms with Gasteiger partial charge in [0.2, 0.25) is 10.0 Å². The average Bonchev–Trinajstić information content (AvgIpc) is 3.17. The molecule has 0 aliphatic rings. The Morgan fingerprint density at radius 2 is 1.76 bits per heavy atom. The lowest BCUT2D eigenvalue weighted by Crippen LogP contribution is -2.26. The Morgan fingerprint density at radius 1 is 1.08 bits per heavy atom. The van der Waals surface area contributed by atoms with Gasteiger partial charge in [-0.15, -0.1) is 10.1 Å². The topological polar surface area (TPSA) is 130 Å². The SMILES string of the molecule is COc1ccc2c(c1)c(CCNS(=O)(=O)c1ccc(CO[N+](=O)[O-])cc1)c(C)n2C(=O)c1ccc(Cl)cc1. The minimum Gasteiger partial charge on any atom is -0.497 e. The van der Waals surface area contributed by atoms with Crippen molar-refractivity contribution in [3.8, 4) is 5.75 Å². The molecule has 4 aromatic rings. The first-order valence-corrected chi connectivity index (χ1v) is 13.3. The van der Waals surface area contributed by atoms with E-state index in [0.29, 0.717) is 39.5 Å². The number of ether oxygens (including phenoxy) is 1. The lowest BCUT2D eigenvalue weighted by atomic mass is 10.1. The lowest BCUT2D eigenvalue weighted by molar-refractivity contribution is -0.763. The van der Waals surface area contributed by atoms with Crippen LogP contribution >= 0.6 is 11.6 Å². The summed E-state index contributed by atoms with van der Waals surface area (Å²) in [7, 11) is -2.30. The van der Waals surface area contributed by atoms with Gasteiger partial charge < -0.3 is 9.57 Å². The van der Waals surface area contributed by atoms with Gasteiger partial charge in [0, 0.05) is 28.2 Å².